The number of nitrogens with zero attached hydrogens (tertiary/aromatic N) is 2. The van der Waals surface area contributed by atoms with E-state index in [9.17, 15) is 14.4 Å². The summed E-state index contributed by atoms with van der Waals surface area (Å²) in [5.74, 6) is -0.575. The molecule has 0 spiro atoms. The van der Waals surface area contributed by atoms with Gasteiger partial charge in [0.1, 0.15) is 17.9 Å². The third kappa shape index (κ3) is 3.46. The Bertz CT molecular complexity index is 999. The van der Waals surface area contributed by atoms with Gasteiger partial charge < -0.3 is 9.30 Å². The Kier molecular flexibility index (Phi) is 5.17. The number of rotatable bonds is 5. The lowest BCUT2D eigenvalue weighted by Gasteiger charge is -2.22. The first kappa shape index (κ1) is 19.2. The first-order chi connectivity index (χ1) is 13.3. The summed E-state index contributed by atoms with van der Waals surface area (Å²) >= 11 is 0. The van der Waals surface area contributed by atoms with Crippen LogP contribution in [0.2, 0.25) is 0 Å². The van der Waals surface area contributed by atoms with Crippen molar-refractivity contribution in [2.75, 3.05) is 13.7 Å². The van der Waals surface area contributed by atoms with Gasteiger partial charge in [0.15, 0.2) is 0 Å². The minimum Gasteiger partial charge on any atom is -0.490 e. The molecule has 2 aromatic rings. The van der Waals surface area contributed by atoms with E-state index in [0.717, 1.165) is 33.3 Å². The van der Waals surface area contributed by atoms with E-state index in [0.29, 0.717) is 6.61 Å². The zero-order valence-electron chi connectivity index (χ0n) is 16.0. The van der Waals surface area contributed by atoms with E-state index in [2.05, 4.69) is 11.9 Å². The molecule has 7 heteroatoms. The van der Waals surface area contributed by atoms with E-state index in [1.54, 1.807) is 6.08 Å². The summed E-state index contributed by atoms with van der Waals surface area (Å²) < 4.78 is 7.52. The Morgan fingerprint density at radius 1 is 1.14 bits per heavy atom. The van der Waals surface area contributed by atoms with Gasteiger partial charge in [-0.15, -0.1) is 0 Å². The molecule has 1 aromatic carbocycles. The van der Waals surface area contributed by atoms with Crippen molar-refractivity contribution < 1.29 is 19.1 Å². The molecule has 0 aliphatic carbocycles. The fourth-order valence-corrected chi connectivity index (χ4v) is 3.08. The van der Waals surface area contributed by atoms with E-state index < -0.39 is 17.8 Å². The maximum atomic E-state index is 12.3. The molecule has 1 aromatic heterocycles. The third-order valence-electron chi connectivity index (χ3n) is 4.54. The SMILES string of the molecule is C=CCOc1ccc(-n2c(C)cc(/C=C3\C(=O)NC(=O)N(C)C3=O)c2C)cc1. The predicted molar refractivity (Wildman–Crippen MR) is 105 cm³/mol. The third-order valence-corrected chi connectivity index (χ3v) is 4.54. The van der Waals surface area contributed by atoms with Gasteiger partial charge in [0, 0.05) is 24.1 Å². The molecule has 1 saturated heterocycles. The van der Waals surface area contributed by atoms with Gasteiger partial charge in [-0.3, -0.25) is 19.8 Å². The number of amides is 4. The second-order valence-electron chi connectivity index (χ2n) is 6.44. The molecule has 1 aliphatic heterocycles. The van der Waals surface area contributed by atoms with Crippen molar-refractivity contribution >= 4 is 23.9 Å². The number of carbonyl (C=O) groups excluding carboxylic acids is 3. The van der Waals surface area contributed by atoms with Crippen LogP contribution in [-0.2, 0) is 9.59 Å². The fourth-order valence-electron chi connectivity index (χ4n) is 3.08. The van der Waals surface area contributed by atoms with Crippen LogP contribution >= 0.6 is 0 Å². The summed E-state index contributed by atoms with van der Waals surface area (Å²) in [4.78, 5) is 36.8. The van der Waals surface area contributed by atoms with Gasteiger partial charge in [0.25, 0.3) is 11.8 Å². The van der Waals surface area contributed by atoms with Crippen molar-refractivity contribution in [3.63, 3.8) is 0 Å². The van der Waals surface area contributed by atoms with Crippen molar-refractivity contribution in [2.24, 2.45) is 0 Å². The number of urea groups is 1. The monoisotopic (exact) mass is 379 g/mol. The van der Waals surface area contributed by atoms with Crippen LogP contribution < -0.4 is 10.1 Å². The molecule has 0 unspecified atom stereocenters. The highest BCUT2D eigenvalue weighted by Gasteiger charge is 2.33. The first-order valence-corrected chi connectivity index (χ1v) is 8.71. The number of hydrogen-bond acceptors (Lipinski definition) is 4. The quantitative estimate of drug-likeness (QED) is 0.492. The number of hydrogen-bond donors (Lipinski definition) is 1. The van der Waals surface area contributed by atoms with Gasteiger partial charge in [-0.25, -0.2) is 4.79 Å². The molecule has 3 rings (SSSR count). The van der Waals surface area contributed by atoms with Crippen LogP contribution in [-0.4, -0.2) is 41.0 Å². The summed E-state index contributed by atoms with van der Waals surface area (Å²) in [5.41, 5.74) is 3.39. The van der Waals surface area contributed by atoms with E-state index in [1.807, 2.05) is 48.7 Å². The zero-order valence-corrected chi connectivity index (χ0v) is 16.0. The lowest BCUT2D eigenvalue weighted by atomic mass is 10.1. The van der Waals surface area contributed by atoms with Gasteiger partial charge in [0.05, 0.1) is 0 Å². The van der Waals surface area contributed by atoms with Gasteiger partial charge in [-0.1, -0.05) is 12.7 Å². The van der Waals surface area contributed by atoms with Crippen LogP contribution in [0.1, 0.15) is 17.0 Å². The highest BCUT2D eigenvalue weighted by Crippen LogP contribution is 2.25. The number of aryl methyl sites for hydroxylation is 1. The molecular weight excluding hydrogens is 358 g/mol. The molecule has 144 valence electrons. The van der Waals surface area contributed by atoms with Crippen LogP contribution in [0.4, 0.5) is 4.79 Å². The number of imide groups is 2. The van der Waals surface area contributed by atoms with Crippen LogP contribution in [0, 0.1) is 13.8 Å². The van der Waals surface area contributed by atoms with Crippen LogP contribution in [0.25, 0.3) is 11.8 Å². The van der Waals surface area contributed by atoms with E-state index in [4.69, 9.17) is 4.74 Å². The predicted octanol–water partition coefficient (Wildman–Crippen LogP) is 2.75. The van der Waals surface area contributed by atoms with Crippen LogP contribution in [0.3, 0.4) is 0 Å². The number of barbiturate groups is 1. The molecule has 7 nitrogen and oxygen atoms in total. The molecule has 1 fully saturated rings. The molecule has 4 amide bonds. The second kappa shape index (κ2) is 7.56. The smallest absolute Gasteiger partial charge is 0.331 e. The maximum Gasteiger partial charge on any atom is 0.331 e. The Hall–Kier alpha value is -3.61. The molecule has 0 bridgehead atoms. The number of likely N-dealkylation sites (N-methyl/N-ethyl adjacent to an activating group) is 1. The van der Waals surface area contributed by atoms with Crippen LogP contribution in [0.5, 0.6) is 5.75 Å². The zero-order chi connectivity index (χ0) is 20.4. The minimum atomic E-state index is -0.726. The standard InChI is InChI=1S/C21H21N3O4/c1-5-10-28-17-8-6-16(7-9-17)24-13(2)11-15(14(24)3)12-18-19(25)22-21(27)23(4)20(18)26/h5-9,11-12H,1,10H2,2-4H3,(H,22,25,27)/b18-12+. The average Bonchev–Trinajstić information content (AvgIpc) is 2.95. The number of aromatic nitrogens is 1. The minimum absolute atomic E-state index is 0.0736. The molecular formula is C21H21N3O4. The largest absolute Gasteiger partial charge is 0.490 e. The number of benzene rings is 1. The summed E-state index contributed by atoms with van der Waals surface area (Å²) in [6.07, 6.45) is 3.20. The van der Waals surface area contributed by atoms with Crippen molar-refractivity contribution in [3.8, 4) is 11.4 Å². The van der Waals surface area contributed by atoms with Gasteiger partial charge >= 0.3 is 6.03 Å². The average molecular weight is 379 g/mol. The molecule has 1 N–H and O–H groups in total. The van der Waals surface area contributed by atoms with Crippen molar-refractivity contribution in [1.29, 1.82) is 0 Å². The molecule has 1 aliphatic rings. The molecule has 0 radical (unpaired) electrons. The summed E-state index contributed by atoms with van der Waals surface area (Å²) in [6, 6.07) is 8.77. The normalized spacial score (nSPS) is 15.8. The van der Waals surface area contributed by atoms with Crippen LogP contribution in [0.15, 0.2) is 48.6 Å². The highest BCUT2D eigenvalue weighted by atomic mass is 16.5. The lowest BCUT2D eigenvalue weighted by molar-refractivity contribution is -0.129. The Balaban J connectivity index is 1.96. The Morgan fingerprint density at radius 3 is 2.46 bits per heavy atom. The Morgan fingerprint density at radius 2 is 1.82 bits per heavy atom. The lowest BCUT2D eigenvalue weighted by Crippen LogP contribution is -2.52. The first-order valence-electron chi connectivity index (χ1n) is 8.71. The molecule has 0 atom stereocenters. The van der Waals surface area contributed by atoms with E-state index >= 15 is 0 Å². The summed E-state index contributed by atoms with van der Waals surface area (Å²) in [7, 11) is 1.33. The van der Waals surface area contributed by atoms with E-state index in [-0.39, 0.29) is 5.57 Å². The molecule has 2 heterocycles. The summed E-state index contributed by atoms with van der Waals surface area (Å²) in [6.45, 7) is 7.91. The van der Waals surface area contributed by atoms with E-state index in [1.165, 1.54) is 13.1 Å². The van der Waals surface area contributed by atoms with Crippen molar-refractivity contribution in [1.82, 2.24) is 14.8 Å². The van der Waals surface area contributed by atoms with Crippen molar-refractivity contribution in [2.45, 2.75) is 13.8 Å². The number of nitrogens with one attached hydrogen (secondary N) is 1. The van der Waals surface area contributed by atoms with Crippen molar-refractivity contribution in [3.05, 3.63) is 65.5 Å². The fraction of sp³-hybridized carbons (Fsp3) is 0.190. The molecule has 28 heavy (non-hydrogen) atoms. The topological polar surface area (TPSA) is 80.6 Å². The highest BCUT2D eigenvalue weighted by molar-refractivity contribution is 6.30. The van der Waals surface area contributed by atoms with Gasteiger partial charge in [0.2, 0.25) is 0 Å². The Labute approximate surface area is 162 Å². The summed E-state index contributed by atoms with van der Waals surface area (Å²) in [5, 5.41) is 2.16. The maximum absolute atomic E-state index is 12.3. The molecule has 0 saturated carbocycles. The second-order valence-corrected chi connectivity index (χ2v) is 6.44. The van der Waals surface area contributed by atoms with Gasteiger partial charge in [-0.05, 0) is 55.8 Å². The van der Waals surface area contributed by atoms with Gasteiger partial charge in [-0.2, -0.15) is 0 Å². The number of ether oxygens (including phenoxy) is 1. The number of carbonyl (C=O) groups is 3.